The molecule has 1 atom stereocenters. The maximum absolute atomic E-state index is 12.6. The van der Waals surface area contributed by atoms with Gasteiger partial charge in [-0.2, -0.15) is 0 Å². The highest BCUT2D eigenvalue weighted by atomic mass is 16.5. The third-order valence-electron chi connectivity index (χ3n) is 4.40. The molecule has 0 aliphatic carbocycles. The van der Waals surface area contributed by atoms with Gasteiger partial charge in [0.25, 0.3) is 5.91 Å². The Labute approximate surface area is 146 Å². The van der Waals surface area contributed by atoms with Crippen LogP contribution in [0.15, 0.2) is 12.1 Å². The van der Waals surface area contributed by atoms with Gasteiger partial charge >= 0.3 is 0 Å². The van der Waals surface area contributed by atoms with Gasteiger partial charge in [0.1, 0.15) is 11.4 Å². The number of anilines is 1. The first-order valence-electron chi connectivity index (χ1n) is 8.98. The lowest BCUT2D eigenvalue weighted by molar-refractivity contribution is -0.136. The zero-order valence-corrected chi connectivity index (χ0v) is 16.1. The van der Waals surface area contributed by atoms with Crippen LogP contribution in [0.5, 0.6) is 5.75 Å². The number of aryl methyl sites for hydroxylation is 2. The molecule has 0 bridgehead atoms. The normalized spacial score (nSPS) is 13.4. The molecule has 0 saturated heterocycles. The van der Waals surface area contributed by atoms with Crippen molar-refractivity contribution in [1.29, 1.82) is 0 Å². The number of amides is 1. The van der Waals surface area contributed by atoms with Crippen molar-refractivity contribution < 1.29 is 14.3 Å². The van der Waals surface area contributed by atoms with E-state index in [9.17, 15) is 4.79 Å². The molecule has 4 nitrogen and oxygen atoms in total. The highest BCUT2D eigenvalue weighted by Crippen LogP contribution is 2.28. The van der Waals surface area contributed by atoms with E-state index in [2.05, 4.69) is 19.2 Å². The molecule has 0 aliphatic heterocycles. The summed E-state index contributed by atoms with van der Waals surface area (Å²) in [6.07, 6.45) is 4.86. The van der Waals surface area contributed by atoms with Crippen LogP contribution < -0.4 is 10.1 Å². The van der Waals surface area contributed by atoms with Gasteiger partial charge in [-0.1, -0.05) is 33.1 Å². The van der Waals surface area contributed by atoms with E-state index in [1.54, 1.807) is 7.11 Å². The van der Waals surface area contributed by atoms with E-state index in [4.69, 9.17) is 9.47 Å². The fourth-order valence-corrected chi connectivity index (χ4v) is 2.65. The molecule has 0 heterocycles. The minimum atomic E-state index is -0.798. The number of carbonyl (C=O) groups is 1. The second-order valence-corrected chi connectivity index (χ2v) is 6.63. The standard InChI is InChI=1S/C20H33NO3/c1-7-9-11-20(5,23-6)19(22)21-17-13-15(3)18(16(4)14-17)24-12-10-8-2/h13-14H,7-12H2,1-6H3,(H,21,22). The van der Waals surface area contributed by atoms with E-state index in [0.717, 1.165) is 54.9 Å². The van der Waals surface area contributed by atoms with Crippen LogP contribution in [0.3, 0.4) is 0 Å². The maximum Gasteiger partial charge on any atom is 0.256 e. The predicted molar refractivity (Wildman–Crippen MR) is 99.9 cm³/mol. The SMILES string of the molecule is CCCCOc1c(C)cc(NC(=O)C(C)(CCCC)OC)cc1C. The molecule has 1 aromatic carbocycles. The summed E-state index contributed by atoms with van der Waals surface area (Å²) in [7, 11) is 1.59. The van der Waals surface area contributed by atoms with Crippen molar-refractivity contribution in [3.8, 4) is 5.75 Å². The van der Waals surface area contributed by atoms with E-state index < -0.39 is 5.60 Å². The molecule has 0 radical (unpaired) electrons. The summed E-state index contributed by atoms with van der Waals surface area (Å²) in [6, 6.07) is 3.92. The summed E-state index contributed by atoms with van der Waals surface area (Å²) in [5, 5.41) is 3.00. The number of methoxy groups -OCH3 is 1. The minimum Gasteiger partial charge on any atom is -0.493 e. The number of nitrogens with one attached hydrogen (secondary N) is 1. The molecule has 1 rings (SSSR count). The Morgan fingerprint density at radius 3 is 2.21 bits per heavy atom. The number of ether oxygens (including phenoxy) is 2. The van der Waals surface area contributed by atoms with Crippen molar-refractivity contribution in [2.45, 2.75) is 72.3 Å². The molecular weight excluding hydrogens is 302 g/mol. The molecular formula is C20H33NO3. The van der Waals surface area contributed by atoms with E-state index in [-0.39, 0.29) is 5.91 Å². The summed E-state index contributed by atoms with van der Waals surface area (Å²) >= 11 is 0. The van der Waals surface area contributed by atoms with Gasteiger partial charge in [0, 0.05) is 12.8 Å². The number of carbonyl (C=O) groups excluding carboxylic acids is 1. The molecule has 0 spiro atoms. The van der Waals surface area contributed by atoms with Crippen LogP contribution in [0.1, 0.15) is 64.0 Å². The Morgan fingerprint density at radius 2 is 1.71 bits per heavy atom. The Bertz CT molecular complexity index is 519. The maximum atomic E-state index is 12.6. The van der Waals surface area contributed by atoms with Crippen LogP contribution in [0.2, 0.25) is 0 Å². The summed E-state index contributed by atoms with van der Waals surface area (Å²) in [5.74, 6) is 0.818. The highest BCUT2D eigenvalue weighted by molar-refractivity contribution is 5.97. The van der Waals surface area contributed by atoms with E-state index >= 15 is 0 Å². The van der Waals surface area contributed by atoms with E-state index in [1.807, 2.05) is 32.9 Å². The van der Waals surface area contributed by atoms with Gasteiger partial charge in [0.2, 0.25) is 0 Å². The molecule has 1 amide bonds. The van der Waals surface area contributed by atoms with Crippen molar-refractivity contribution in [1.82, 2.24) is 0 Å². The third-order valence-corrected chi connectivity index (χ3v) is 4.40. The molecule has 1 unspecified atom stereocenters. The van der Waals surface area contributed by atoms with Crippen molar-refractivity contribution in [2.75, 3.05) is 19.0 Å². The van der Waals surface area contributed by atoms with E-state index in [1.165, 1.54) is 0 Å². The number of benzene rings is 1. The van der Waals surface area contributed by atoms with Crippen molar-refractivity contribution >= 4 is 11.6 Å². The number of hydrogen-bond donors (Lipinski definition) is 1. The van der Waals surface area contributed by atoms with Crippen LogP contribution in [0, 0.1) is 13.8 Å². The van der Waals surface area contributed by atoms with Gasteiger partial charge in [-0.3, -0.25) is 4.79 Å². The topological polar surface area (TPSA) is 47.6 Å². The van der Waals surface area contributed by atoms with Crippen LogP contribution >= 0.6 is 0 Å². The fourth-order valence-electron chi connectivity index (χ4n) is 2.65. The Hall–Kier alpha value is -1.55. The third kappa shape index (κ3) is 5.52. The monoisotopic (exact) mass is 335 g/mol. The minimum absolute atomic E-state index is 0.100. The number of rotatable bonds is 10. The summed E-state index contributed by atoms with van der Waals surface area (Å²) < 4.78 is 11.4. The quantitative estimate of drug-likeness (QED) is 0.611. The summed E-state index contributed by atoms with van der Waals surface area (Å²) in [4.78, 5) is 12.6. The Kier molecular flexibility index (Phi) is 8.26. The zero-order valence-electron chi connectivity index (χ0n) is 16.1. The fraction of sp³-hybridized carbons (Fsp3) is 0.650. The molecule has 4 heteroatoms. The van der Waals surface area contributed by atoms with Gasteiger partial charge in [-0.05, 0) is 56.9 Å². The first kappa shape index (κ1) is 20.5. The molecule has 1 N–H and O–H groups in total. The van der Waals surface area contributed by atoms with Gasteiger partial charge in [-0.25, -0.2) is 0 Å². The van der Waals surface area contributed by atoms with Crippen LogP contribution in [-0.4, -0.2) is 25.2 Å². The van der Waals surface area contributed by atoms with Gasteiger partial charge in [-0.15, -0.1) is 0 Å². The van der Waals surface area contributed by atoms with Gasteiger partial charge < -0.3 is 14.8 Å². The predicted octanol–water partition coefficient (Wildman–Crippen LogP) is 5.02. The summed E-state index contributed by atoms with van der Waals surface area (Å²) in [5.41, 5.74) is 2.06. The van der Waals surface area contributed by atoms with Crippen LogP contribution in [0.25, 0.3) is 0 Å². The molecule has 0 aliphatic rings. The van der Waals surface area contributed by atoms with Crippen molar-refractivity contribution in [2.24, 2.45) is 0 Å². The lowest BCUT2D eigenvalue weighted by Gasteiger charge is -2.27. The molecule has 0 aromatic heterocycles. The smallest absolute Gasteiger partial charge is 0.256 e. The molecule has 0 saturated carbocycles. The Balaban J connectivity index is 2.86. The second-order valence-electron chi connectivity index (χ2n) is 6.63. The number of unbranched alkanes of at least 4 members (excludes halogenated alkanes) is 2. The molecule has 24 heavy (non-hydrogen) atoms. The van der Waals surface area contributed by atoms with Crippen LogP contribution in [0.4, 0.5) is 5.69 Å². The Morgan fingerprint density at radius 1 is 1.12 bits per heavy atom. The van der Waals surface area contributed by atoms with E-state index in [0.29, 0.717) is 6.42 Å². The first-order valence-corrected chi connectivity index (χ1v) is 8.98. The second kappa shape index (κ2) is 9.67. The average Bonchev–Trinajstić information content (AvgIpc) is 2.55. The average molecular weight is 335 g/mol. The van der Waals surface area contributed by atoms with Gasteiger partial charge in [0.05, 0.1) is 6.61 Å². The lowest BCUT2D eigenvalue weighted by atomic mass is 9.97. The van der Waals surface area contributed by atoms with Crippen molar-refractivity contribution in [3.05, 3.63) is 23.3 Å². The highest BCUT2D eigenvalue weighted by Gasteiger charge is 2.32. The molecule has 0 fully saturated rings. The molecule has 1 aromatic rings. The number of hydrogen-bond acceptors (Lipinski definition) is 3. The largest absolute Gasteiger partial charge is 0.493 e. The van der Waals surface area contributed by atoms with Crippen LogP contribution in [-0.2, 0) is 9.53 Å². The first-order chi connectivity index (χ1) is 11.4. The lowest BCUT2D eigenvalue weighted by Crippen LogP contribution is -2.41. The van der Waals surface area contributed by atoms with Gasteiger partial charge in [0.15, 0.2) is 0 Å². The molecule has 136 valence electrons. The van der Waals surface area contributed by atoms with Crippen molar-refractivity contribution in [3.63, 3.8) is 0 Å². The summed E-state index contributed by atoms with van der Waals surface area (Å²) in [6.45, 7) is 10.8. The zero-order chi connectivity index (χ0) is 18.2.